The number of aliphatic hydroxyl groups excluding tert-OH is 1. The van der Waals surface area contributed by atoms with Crippen LogP contribution in [-0.2, 0) is 13.7 Å². The molecule has 6 rings (SSSR count). The van der Waals surface area contributed by atoms with Gasteiger partial charge in [-0.15, -0.1) is 10.2 Å². The summed E-state index contributed by atoms with van der Waals surface area (Å²) in [6.07, 6.45) is 3.85. The van der Waals surface area contributed by atoms with Gasteiger partial charge in [0.1, 0.15) is 17.7 Å². The van der Waals surface area contributed by atoms with Crippen molar-refractivity contribution in [2.45, 2.75) is 25.4 Å². The number of benzene rings is 3. The molecule has 0 aliphatic heterocycles. The number of nitrogens with zero attached hydrogens (tertiary/aromatic N) is 4. The van der Waals surface area contributed by atoms with Gasteiger partial charge in [-0.25, -0.2) is 9.37 Å². The topological polar surface area (TPSA) is 77.0 Å². The zero-order valence-corrected chi connectivity index (χ0v) is 18.0. The van der Waals surface area contributed by atoms with Gasteiger partial charge in [-0.3, -0.25) is 0 Å². The van der Waals surface area contributed by atoms with Crippen LogP contribution in [0.3, 0.4) is 0 Å². The van der Waals surface area contributed by atoms with Crippen LogP contribution in [-0.4, -0.2) is 24.9 Å². The maximum Gasteiger partial charge on any atom is 0.227 e. The summed E-state index contributed by atoms with van der Waals surface area (Å²) in [6.45, 7) is -0.0251. The monoisotopic (exact) mass is 440 g/mol. The second-order valence-corrected chi connectivity index (χ2v) is 8.52. The van der Waals surface area contributed by atoms with Crippen molar-refractivity contribution >= 4 is 11.1 Å². The fourth-order valence-electron chi connectivity index (χ4n) is 4.33. The minimum absolute atomic E-state index is 0.0251. The molecular formula is C26H21FN4O2. The molecule has 1 aliphatic carbocycles. The predicted molar refractivity (Wildman–Crippen MR) is 123 cm³/mol. The fraction of sp³-hybridized carbons (Fsp3) is 0.192. The summed E-state index contributed by atoms with van der Waals surface area (Å²) in [5.74, 6) is 1.24. The van der Waals surface area contributed by atoms with Crippen molar-refractivity contribution in [3.8, 4) is 34.0 Å². The molecule has 0 spiro atoms. The van der Waals surface area contributed by atoms with Gasteiger partial charge in [0, 0.05) is 23.7 Å². The Hall–Kier alpha value is -3.84. The molecular weight excluding hydrogens is 419 g/mol. The summed E-state index contributed by atoms with van der Waals surface area (Å²) < 4.78 is 22.1. The van der Waals surface area contributed by atoms with Crippen molar-refractivity contribution in [1.29, 1.82) is 0 Å². The van der Waals surface area contributed by atoms with Gasteiger partial charge in [-0.05, 0) is 71.8 Å². The molecule has 1 fully saturated rings. The third-order valence-corrected chi connectivity index (χ3v) is 6.13. The third-order valence-electron chi connectivity index (χ3n) is 6.13. The molecule has 0 radical (unpaired) electrons. The minimum Gasteiger partial charge on any atom is -0.436 e. The Kier molecular flexibility index (Phi) is 4.58. The number of aryl methyl sites for hydroxylation is 1. The zero-order chi connectivity index (χ0) is 22.5. The number of hydrogen-bond acceptors (Lipinski definition) is 5. The van der Waals surface area contributed by atoms with E-state index >= 15 is 0 Å². The molecule has 1 N–H and O–H groups in total. The van der Waals surface area contributed by atoms with E-state index in [0.29, 0.717) is 23.2 Å². The maximum absolute atomic E-state index is 14.1. The Labute approximate surface area is 189 Å². The van der Waals surface area contributed by atoms with Crippen molar-refractivity contribution in [2.75, 3.05) is 0 Å². The largest absolute Gasteiger partial charge is 0.436 e. The quantitative estimate of drug-likeness (QED) is 0.392. The Morgan fingerprint density at radius 2 is 1.91 bits per heavy atom. The van der Waals surface area contributed by atoms with Gasteiger partial charge in [0.05, 0.1) is 6.61 Å². The lowest BCUT2D eigenvalue weighted by atomic mass is 9.97. The Bertz CT molecular complexity index is 1500. The van der Waals surface area contributed by atoms with Crippen molar-refractivity contribution in [3.05, 3.63) is 77.9 Å². The van der Waals surface area contributed by atoms with E-state index in [4.69, 9.17) is 9.40 Å². The molecule has 0 atom stereocenters. The number of fused-ring (bicyclic) bond motifs is 1. The highest BCUT2D eigenvalue weighted by Gasteiger charge is 2.28. The van der Waals surface area contributed by atoms with Crippen LogP contribution in [0.5, 0.6) is 0 Å². The van der Waals surface area contributed by atoms with E-state index < -0.39 is 0 Å². The van der Waals surface area contributed by atoms with Gasteiger partial charge < -0.3 is 14.1 Å². The Balaban J connectivity index is 1.47. The molecule has 0 saturated heterocycles. The second-order valence-electron chi connectivity index (χ2n) is 8.52. The van der Waals surface area contributed by atoms with Crippen LogP contribution in [0.1, 0.15) is 29.9 Å². The first-order valence-electron chi connectivity index (χ1n) is 10.9. The summed E-state index contributed by atoms with van der Waals surface area (Å²) in [5.41, 5.74) is 6.73. The van der Waals surface area contributed by atoms with Crippen molar-refractivity contribution < 1.29 is 13.9 Å². The van der Waals surface area contributed by atoms with Crippen LogP contribution in [0.2, 0.25) is 0 Å². The normalized spacial score (nSPS) is 13.7. The summed E-state index contributed by atoms with van der Waals surface area (Å²) >= 11 is 0. The van der Waals surface area contributed by atoms with Crippen LogP contribution in [0.25, 0.3) is 45.1 Å². The number of oxazole rings is 1. The molecule has 2 heterocycles. The summed E-state index contributed by atoms with van der Waals surface area (Å²) in [4.78, 5) is 4.73. The highest BCUT2D eigenvalue weighted by Crippen LogP contribution is 2.44. The van der Waals surface area contributed by atoms with Crippen LogP contribution < -0.4 is 0 Å². The SMILES string of the molecule is Cn1cnnc1-c1cc(F)ccc1-c1cccc(-c2nc3cc(CO)cc(C4CC4)c3o2)c1. The molecule has 164 valence electrons. The van der Waals surface area contributed by atoms with Gasteiger partial charge in [-0.2, -0.15) is 0 Å². The molecule has 7 heteroatoms. The van der Waals surface area contributed by atoms with Gasteiger partial charge in [-0.1, -0.05) is 18.2 Å². The zero-order valence-electron chi connectivity index (χ0n) is 18.0. The average molecular weight is 440 g/mol. The van der Waals surface area contributed by atoms with E-state index in [1.165, 1.54) is 12.1 Å². The second kappa shape index (κ2) is 7.64. The van der Waals surface area contributed by atoms with Crippen molar-refractivity contribution in [3.63, 3.8) is 0 Å². The van der Waals surface area contributed by atoms with E-state index in [0.717, 1.165) is 51.8 Å². The minimum atomic E-state index is -0.334. The molecule has 0 bridgehead atoms. The number of halogens is 1. The van der Waals surface area contributed by atoms with Gasteiger partial charge in [0.2, 0.25) is 5.89 Å². The highest BCUT2D eigenvalue weighted by atomic mass is 19.1. The molecule has 1 saturated carbocycles. The number of rotatable bonds is 5. The molecule has 6 nitrogen and oxygen atoms in total. The van der Waals surface area contributed by atoms with E-state index in [1.54, 1.807) is 17.0 Å². The summed E-state index contributed by atoms with van der Waals surface area (Å²) in [6, 6.07) is 16.4. The first-order chi connectivity index (χ1) is 16.1. The van der Waals surface area contributed by atoms with E-state index in [2.05, 4.69) is 10.2 Å². The maximum atomic E-state index is 14.1. The van der Waals surface area contributed by atoms with Crippen LogP contribution in [0, 0.1) is 5.82 Å². The lowest BCUT2D eigenvalue weighted by Gasteiger charge is -2.10. The lowest BCUT2D eigenvalue weighted by molar-refractivity contribution is 0.282. The molecule has 0 unspecified atom stereocenters. The number of hydrogen-bond donors (Lipinski definition) is 1. The smallest absolute Gasteiger partial charge is 0.227 e. The first-order valence-corrected chi connectivity index (χ1v) is 10.9. The summed E-state index contributed by atoms with van der Waals surface area (Å²) in [7, 11) is 1.83. The fourth-order valence-corrected chi connectivity index (χ4v) is 4.33. The molecule has 1 aliphatic rings. The average Bonchev–Trinajstić information content (AvgIpc) is 3.44. The molecule has 3 aromatic carbocycles. The van der Waals surface area contributed by atoms with Crippen LogP contribution in [0.4, 0.5) is 4.39 Å². The van der Waals surface area contributed by atoms with E-state index in [1.807, 2.05) is 43.4 Å². The van der Waals surface area contributed by atoms with Gasteiger partial charge >= 0.3 is 0 Å². The van der Waals surface area contributed by atoms with Crippen molar-refractivity contribution in [1.82, 2.24) is 19.7 Å². The van der Waals surface area contributed by atoms with E-state index in [-0.39, 0.29) is 12.4 Å². The van der Waals surface area contributed by atoms with Gasteiger partial charge in [0.25, 0.3) is 0 Å². The highest BCUT2D eigenvalue weighted by molar-refractivity contribution is 5.84. The first kappa shape index (κ1) is 19.8. The summed E-state index contributed by atoms with van der Waals surface area (Å²) in [5, 5.41) is 17.8. The third kappa shape index (κ3) is 3.50. The molecule has 33 heavy (non-hydrogen) atoms. The Morgan fingerprint density at radius 1 is 1.06 bits per heavy atom. The predicted octanol–water partition coefficient (Wildman–Crippen LogP) is 5.47. The van der Waals surface area contributed by atoms with E-state index in [9.17, 15) is 9.50 Å². The van der Waals surface area contributed by atoms with Crippen LogP contribution in [0.15, 0.2) is 65.3 Å². The number of aliphatic hydroxyl groups is 1. The standard InChI is InChI=1S/C26H21FN4O2/c1-31-14-28-30-25(31)22-12-19(27)7-8-20(22)17-3-2-4-18(11-17)26-29-23-10-15(13-32)9-21(16-5-6-16)24(23)33-26/h2-4,7-12,14,16,32H,5-6,13H2,1H3. The van der Waals surface area contributed by atoms with Gasteiger partial charge in [0.15, 0.2) is 11.4 Å². The van der Waals surface area contributed by atoms with Crippen molar-refractivity contribution in [2.24, 2.45) is 7.05 Å². The number of aromatic nitrogens is 4. The lowest BCUT2D eigenvalue weighted by Crippen LogP contribution is -1.95. The molecule has 5 aromatic rings. The molecule has 0 amide bonds. The Morgan fingerprint density at radius 3 is 2.67 bits per heavy atom. The molecule has 2 aromatic heterocycles. The van der Waals surface area contributed by atoms with Crippen LogP contribution >= 0.6 is 0 Å².